The van der Waals surface area contributed by atoms with Crippen molar-refractivity contribution in [1.82, 2.24) is 9.97 Å². The number of alkyl halides is 2. The molecule has 21 heavy (non-hydrogen) atoms. The third kappa shape index (κ3) is 3.65. The SMILES string of the molecule is FC(F)Oc1ccc2nc(Sc3ccc(I)cc3)[nH]c2c1. The Kier molecular flexibility index (Phi) is 4.29. The summed E-state index contributed by atoms with van der Waals surface area (Å²) >= 11 is 3.73. The fourth-order valence-corrected chi connectivity index (χ4v) is 2.96. The van der Waals surface area contributed by atoms with Crippen molar-refractivity contribution in [2.45, 2.75) is 16.7 Å². The number of halogens is 3. The van der Waals surface area contributed by atoms with E-state index < -0.39 is 6.61 Å². The van der Waals surface area contributed by atoms with Gasteiger partial charge in [0.15, 0.2) is 5.16 Å². The highest BCUT2D eigenvalue weighted by atomic mass is 127. The first kappa shape index (κ1) is 14.6. The highest BCUT2D eigenvalue weighted by molar-refractivity contribution is 14.1. The molecule has 3 aromatic rings. The Labute approximate surface area is 137 Å². The Morgan fingerprint density at radius 3 is 2.62 bits per heavy atom. The van der Waals surface area contributed by atoms with E-state index in [9.17, 15) is 8.78 Å². The van der Waals surface area contributed by atoms with Gasteiger partial charge in [0.2, 0.25) is 0 Å². The molecule has 1 aromatic heterocycles. The maximum Gasteiger partial charge on any atom is 0.387 e. The highest BCUT2D eigenvalue weighted by Crippen LogP contribution is 2.29. The Hall–Kier alpha value is -1.35. The van der Waals surface area contributed by atoms with E-state index in [1.807, 2.05) is 24.3 Å². The van der Waals surface area contributed by atoms with Crippen molar-refractivity contribution >= 4 is 45.4 Å². The lowest BCUT2D eigenvalue weighted by molar-refractivity contribution is -0.0497. The summed E-state index contributed by atoms with van der Waals surface area (Å²) in [6.07, 6.45) is 0. The summed E-state index contributed by atoms with van der Waals surface area (Å²) in [4.78, 5) is 8.56. The first-order valence-corrected chi connectivity index (χ1v) is 7.88. The monoisotopic (exact) mass is 418 g/mol. The molecule has 0 aliphatic rings. The Morgan fingerprint density at radius 1 is 1.14 bits per heavy atom. The smallest absolute Gasteiger partial charge is 0.387 e. The van der Waals surface area contributed by atoms with Crippen molar-refractivity contribution in [3.63, 3.8) is 0 Å². The number of fused-ring (bicyclic) bond motifs is 1. The highest BCUT2D eigenvalue weighted by Gasteiger charge is 2.08. The van der Waals surface area contributed by atoms with Gasteiger partial charge in [-0.3, -0.25) is 0 Å². The number of H-pyrrole nitrogens is 1. The minimum Gasteiger partial charge on any atom is -0.435 e. The standard InChI is InChI=1S/C14H9F2IN2OS/c15-13(16)20-9-3-6-11-12(7-9)19-14(18-11)21-10-4-1-8(17)2-5-10/h1-7,13H,(H,18,19). The second kappa shape index (κ2) is 6.18. The largest absolute Gasteiger partial charge is 0.435 e. The number of aromatic amines is 1. The molecule has 108 valence electrons. The van der Waals surface area contributed by atoms with Gasteiger partial charge in [0.1, 0.15) is 5.75 Å². The van der Waals surface area contributed by atoms with E-state index in [1.165, 1.54) is 23.9 Å². The normalized spacial score (nSPS) is 11.2. The summed E-state index contributed by atoms with van der Waals surface area (Å²) in [5.74, 6) is 0.118. The molecule has 0 amide bonds. The van der Waals surface area contributed by atoms with Crippen LogP contribution < -0.4 is 4.74 Å². The van der Waals surface area contributed by atoms with Gasteiger partial charge in [-0.15, -0.1) is 0 Å². The third-order valence-electron chi connectivity index (χ3n) is 2.68. The molecule has 0 unspecified atom stereocenters. The van der Waals surface area contributed by atoms with Gasteiger partial charge >= 0.3 is 6.61 Å². The predicted molar refractivity (Wildman–Crippen MR) is 86.0 cm³/mol. The second-order valence-corrected chi connectivity index (χ2v) is 6.46. The molecule has 0 aliphatic heterocycles. The van der Waals surface area contributed by atoms with Crippen molar-refractivity contribution in [3.8, 4) is 5.75 Å². The molecule has 0 fully saturated rings. The molecule has 0 atom stereocenters. The van der Waals surface area contributed by atoms with E-state index in [1.54, 1.807) is 6.07 Å². The molecule has 0 bridgehead atoms. The van der Waals surface area contributed by atoms with E-state index in [2.05, 4.69) is 37.3 Å². The maximum absolute atomic E-state index is 12.2. The third-order valence-corrected chi connectivity index (χ3v) is 4.30. The number of ether oxygens (including phenoxy) is 1. The van der Waals surface area contributed by atoms with Gasteiger partial charge in [0.05, 0.1) is 11.0 Å². The van der Waals surface area contributed by atoms with Crippen LogP contribution in [0.4, 0.5) is 8.78 Å². The average molecular weight is 418 g/mol. The van der Waals surface area contributed by atoms with Crippen LogP contribution in [-0.4, -0.2) is 16.6 Å². The van der Waals surface area contributed by atoms with E-state index in [-0.39, 0.29) is 5.75 Å². The van der Waals surface area contributed by atoms with Gasteiger partial charge in [-0.1, -0.05) is 11.8 Å². The summed E-state index contributed by atoms with van der Waals surface area (Å²) in [5.41, 5.74) is 1.38. The van der Waals surface area contributed by atoms with Crippen LogP contribution in [0.3, 0.4) is 0 Å². The van der Waals surface area contributed by atoms with E-state index in [0.29, 0.717) is 16.2 Å². The van der Waals surface area contributed by atoms with Gasteiger partial charge in [-0.25, -0.2) is 4.98 Å². The number of hydrogen-bond donors (Lipinski definition) is 1. The summed E-state index contributed by atoms with van der Waals surface area (Å²) < 4.78 is 29.9. The minimum absolute atomic E-state index is 0.118. The van der Waals surface area contributed by atoms with E-state index in [0.717, 1.165) is 8.47 Å². The van der Waals surface area contributed by atoms with Crippen LogP contribution in [0.5, 0.6) is 5.75 Å². The van der Waals surface area contributed by atoms with Gasteiger partial charge in [-0.2, -0.15) is 8.78 Å². The summed E-state index contributed by atoms with van der Waals surface area (Å²) in [6, 6.07) is 12.7. The topological polar surface area (TPSA) is 37.9 Å². The number of nitrogens with one attached hydrogen (secondary N) is 1. The van der Waals surface area contributed by atoms with Crippen LogP contribution in [0.2, 0.25) is 0 Å². The van der Waals surface area contributed by atoms with Crippen LogP contribution in [0.25, 0.3) is 11.0 Å². The fourth-order valence-electron chi connectivity index (χ4n) is 1.80. The number of imidazole rings is 1. The molecule has 0 spiro atoms. The van der Waals surface area contributed by atoms with Crippen molar-refractivity contribution in [1.29, 1.82) is 0 Å². The molecular weight excluding hydrogens is 409 g/mol. The summed E-state index contributed by atoms with van der Waals surface area (Å²) in [5, 5.41) is 0.709. The number of rotatable bonds is 4. The molecule has 1 N–H and O–H groups in total. The van der Waals surface area contributed by atoms with Gasteiger partial charge in [0, 0.05) is 14.5 Å². The Balaban J connectivity index is 1.85. The Bertz CT molecular complexity index is 761. The number of nitrogens with zero attached hydrogens (tertiary/aromatic N) is 1. The number of aromatic nitrogens is 2. The van der Waals surface area contributed by atoms with Crippen LogP contribution in [0.15, 0.2) is 52.5 Å². The van der Waals surface area contributed by atoms with Crippen LogP contribution in [0, 0.1) is 3.57 Å². The molecule has 7 heteroatoms. The quantitative estimate of drug-likeness (QED) is 0.612. The lowest BCUT2D eigenvalue weighted by Crippen LogP contribution is -2.01. The molecule has 0 saturated carbocycles. The molecule has 0 radical (unpaired) electrons. The van der Waals surface area contributed by atoms with Crippen LogP contribution >= 0.6 is 34.4 Å². The Morgan fingerprint density at radius 2 is 1.90 bits per heavy atom. The summed E-state index contributed by atoms with van der Waals surface area (Å²) in [7, 11) is 0. The maximum atomic E-state index is 12.2. The molecule has 1 heterocycles. The fraction of sp³-hybridized carbons (Fsp3) is 0.0714. The first-order chi connectivity index (χ1) is 10.1. The van der Waals surface area contributed by atoms with E-state index in [4.69, 9.17) is 0 Å². The second-order valence-electron chi connectivity index (χ2n) is 4.16. The van der Waals surface area contributed by atoms with Crippen molar-refractivity contribution in [3.05, 3.63) is 46.0 Å². The summed E-state index contributed by atoms with van der Waals surface area (Å²) in [6.45, 7) is -2.83. The first-order valence-electron chi connectivity index (χ1n) is 5.98. The van der Waals surface area contributed by atoms with Crippen molar-refractivity contribution < 1.29 is 13.5 Å². The molecule has 3 rings (SSSR count). The van der Waals surface area contributed by atoms with E-state index >= 15 is 0 Å². The van der Waals surface area contributed by atoms with Gasteiger partial charge in [-0.05, 0) is 59.0 Å². The van der Waals surface area contributed by atoms with Gasteiger partial charge in [0.25, 0.3) is 0 Å². The molecular formula is C14H9F2IN2OS. The minimum atomic E-state index is -2.83. The van der Waals surface area contributed by atoms with Crippen LogP contribution in [-0.2, 0) is 0 Å². The molecule has 0 saturated heterocycles. The average Bonchev–Trinajstić information content (AvgIpc) is 2.82. The number of benzene rings is 2. The zero-order valence-electron chi connectivity index (χ0n) is 10.5. The van der Waals surface area contributed by atoms with Gasteiger partial charge < -0.3 is 9.72 Å². The zero-order chi connectivity index (χ0) is 14.8. The predicted octanol–water partition coefficient (Wildman–Crippen LogP) is 4.92. The number of hydrogen-bond acceptors (Lipinski definition) is 3. The molecule has 0 aliphatic carbocycles. The molecule has 2 aromatic carbocycles. The zero-order valence-corrected chi connectivity index (χ0v) is 13.5. The lowest BCUT2D eigenvalue weighted by atomic mass is 10.3. The lowest BCUT2D eigenvalue weighted by Gasteiger charge is -2.02. The van der Waals surface area contributed by atoms with Crippen LogP contribution in [0.1, 0.15) is 0 Å². The van der Waals surface area contributed by atoms with Crippen molar-refractivity contribution in [2.75, 3.05) is 0 Å². The molecule has 3 nitrogen and oxygen atoms in total. The van der Waals surface area contributed by atoms with Crippen molar-refractivity contribution in [2.24, 2.45) is 0 Å².